The van der Waals surface area contributed by atoms with E-state index in [0.29, 0.717) is 19.6 Å². The third kappa shape index (κ3) is 12.6. The Kier molecular flexibility index (Phi) is 17.6. The van der Waals surface area contributed by atoms with Gasteiger partial charge in [0.05, 0.1) is 50.3 Å². The summed E-state index contributed by atoms with van der Waals surface area (Å²) >= 11 is 0. The van der Waals surface area contributed by atoms with E-state index >= 15 is 0 Å². The molecule has 3 aromatic rings. The molecule has 0 aliphatic carbocycles. The van der Waals surface area contributed by atoms with Crippen LogP contribution in [0.4, 0.5) is 0 Å². The quantitative estimate of drug-likeness (QED) is 0.0454. The van der Waals surface area contributed by atoms with Gasteiger partial charge in [-0.15, -0.1) is 0 Å². The zero-order valence-electron chi connectivity index (χ0n) is 38.9. The first-order chi connectivity index (χ1) is 27.7. The molecule has 4 rings (SSSR count). The number of hydrogen-bond donors (Lipinski definition) is 0. The van der Waals surface area contributed by atoms with Gasteiger partial charge < -0.3 is 37.6 Å². The highest BCUT2D eigenvalue weighted by Crippen LogP contribution is 2.47. The first-order valence-corrected chi connectivity index (χ1v) is 24.7. The predicted octanol–water partition coefficient (Wildman–Crippen LogP) is 11.9. The second-order valence-corrected chi connectivity index (χ2v) is 23.8. The van der Waals surface area contributed by atoms with Crippen molar-refractivity contribution in [2.24, 2.45) is 23.7 Å². The lowest BCUT2D eigenvalue weighted by Gasteiger charge is -2.51. The summed E-state index contributed by atoms with van der Waals surface area (Å²) in [4.78, 5) is 12.8. The Labute approximate surface area is 358 Å². The van der Waals surface area contributed by atoms with Crippen molar-refractivity contribution in [2.45, 2.75) is 164 Å². The van der Waals surface area contributed by atoms with Crippen LogP contribution in [0.25, 0.3) is 0 Å². The molecule has 1 aliphatic heterocycles. The summed E-state index contributed by atoms with van der Waals surface area (Å²) in [5, 5.41) is -0.0724. The summed E-state index contributed by atoms with van der Waals surface area (Å²) in [6, 6.07) is 22.5. The van der Waals surface area contributed by atoms with Crippen LogP contribution >= 0.6 is 0 Å². The largest absolute Gasteiger partial charge is 0.497 e. The second-order valence-electron chi connectivity index (χ2n) is 19.1. The molecule has 0 N–H and O–H groups in total. The third-order valence-electron chi connectivity index (χ3n) is 13.0. The number of carbonyl (C=O) groups excluding carboxylic acids is 1. The van der Waals surface area contributed by atoms with Crippen molar-refractivity contribution in [3.05, 3.63) is 100 Å². The van der Waals surface area contributed by atoms with Gasteiger partial charge in [-0.3, -0.25) is 0 Å². The first-order valence-electron chi connectivity index (χ1n) is 21.8. The summed E-state index contributed by atoms with van der Waals surface area (Å²) in [5.74, 6) is 0.394. The molecule has 3 aromatic carbocycles. The van der Waals surface area contributed by atoms with Crippen molar-refractivity contribution in [1.82, 2.24) is 0 Å². The monoisotopic (exact) mass is 833 g/mol. The summed E-state index contributed by atoms with van der Waals surface area (Å²) in [6.07, 6.45) is 0.872. The fraction of sp³-hybridized carbons (Fsp3) is 0.620. The first kappa shape index (κ1) is 48.8. The third-order valence-corrected chi connectivity index (χ3v) is 17.6. The standard InChI is InChI=1S/C50H76O8Si/c1-16-43(55-32-53-30-40-20-18-17-19-21-40)38(7)46-39(8)45(56-48(57-46)44-34(3)26-33(2)27-35(44)4)36(5)28-50(12,58-59(14,15)49(9,10)11)47(37(6)29-51)54-31-41-22-24-42(52-13)25-23-41/h17-27,29,36-39,43,45-48H,16,28,30-32H2,1-15H3/t36-,37+,38+,39+,43-,45+,46+,47-,48-,50-/m1/s1. The van der Waals surface area contributed by atoms with Crippen LogP contribution in [0.2, 0.25) is 18.1 Å². The van der Waals surface area contributed by atoms with E-state index in [0.717, 1.165) is 46.3 Å². The van der Waals surface area contributed by atoms with Crippen molar-refractivity contribution >= 4 is 14.6 Å². The van der Waals surface area contributed by atoms with Gasteiger partial charge >= 0.3 is 0 Å². The van der Waals surface area contributed by atoms with Gasteiger partial charge in [0.1, 0.15) is 18.8 Å². The van der Waals surface area contributed by atoms with Crippen molar-refractivity contribution < 1.29 is 37.6 Å². The van der Waals surface area contributed by atoms with E-state index in [9.17, 15) is 4.79 Å². The fourth-order valence-electron chi connectivity index (χ4n) is 9.00. The van der Waals surface area contributed by atoms with Gasteiger partial charge in [-0.1, -0.05) is 116 Å². The van der Waals surface area contributed by atoms with Crippen LogP contribution in [0.15, 0.2) is 66.7 Å². The molecule has 9 heteroatoms. The Bertz CT molecular complexity index is 1720. The number of carbonyl (C=O) groups is 1. The minimum absolute atomic E-state index is 0.00415. The maximum atomic E-state index is 12.8. The highest BCUT2D eigenvalue weighted by Gasteiger charge is 2.51. The van der Waals surface area contributed by atoms with E-state index in [-0.39, 0.29) is 47.9 Å². The number of hydrogen-bond acceptors (Lipinski definition) is 8. The molecule has 0 unspecified atom stereocenters. The molecule has 1 fully saturated rings. The van der Waals surface area contributed by atoms with Gasteiger partial charge in [0.25, 0.3) is 0 Å². The molecule has 1 saturated heterocycles. The minimum atomic E-state index is -2.40. The Balaban J connectivity index is 1.70. The number of ether oxygens (including phenoxy) is 6. The van der Waals surface area contributed by atoms with Crippen LogP contribution < -0.4 is 4.74 Å². The average Bonchev–Trinajstić information content (AvgIpc) is 3.17. The molecule has 328 valence electrons. The fourth-order valence-corrected chi connectivity index (χ4v) is 10.7. The molecule has 0 radical (unpaired) electrons. The van der Waals surface area contributed by atoms with Crippen molar-refractivity contribution in [3.63, 3.8) is 0 Å². The average molecular weight is 833 g/mol. The van der Waals surface area contributed by atoms with E-state index < -0.39 is 32.2 Å². The van der Waals surface area contributed by atoms with E-state index in [1.165, 1.54) is 5.56 Å². The Morgan fingerprint density at radius 2 is 1.42 bits per heavy atom. The topological polar surface area (TPSA) is 81.7 Å². The molecule has 0 aromatic heterocycles. The lowest BCUT2D eigenvalue weighted by atomic mass is 9.75. The van der Waals surface area contributed by atoms with Crippen LogP contribution in [-0.2, 0) is 46.1 Å². The highest BCUT2D eigenvalue weighted by molar-refractivity contribution is 6.74. The number of aryl methyl sites for hydroxylation is 3. The molecule has 0 amide bonds. The number of aldehydes is 1. The van der Waals surface area contributed by atoms with Gasteiger partial charge in [-0.05, 0) is 99.0 Å². The maximum Gasteiger partial charge on any atom is 0.192 e. The molecule has 59 heavy (non-hydrogen) atoms. The Morgan fingerprint density at radius 1 is 0.831 bits per heavy atom. The van der Waals surface area contributed by atoms with Gasteiger partial charge in [0.15, 0.2) is 14.6 Å². The molecule has 0 bridgehead atoms. The van der Waals surface area contributed by atoms with Crippen LogP contribution in [0.3, 0.4) is 0 Å². The minimum Gasteiger partial charge on any atom is -0.497 e. The summed E-state index contributed by atoms with van der Waals surface area (Å²) < 4.78 is 46.5. The van der Waals surface area contributed by atoms with Crippen LogP contribution in [0, 0.1) is 44.4 Å². The molecular weight excluding hydrogens is 757 g/mol. The van der Waals surface area contributed by atoms with Gasteiger partial charge in [-0.25, -0.2) is 0 Å². The molecule has 0 saturated carbocycles. The molecule has 8 nitrogen and oxygen atoms in total. The van der Waals surface area contributed by atoms with Gasteiger partial charge in [0.2, 0.25) is 0 Å². The maximum absolute atomic E-state index is 12.8. The molecule has 1 aliphatic rings. The van der Waals surface area contributed by atoms with Crippen LogP contribution in [0.1, 0.15) is 115 Å². The van der Waals surface area contributed by atoms with Crippen LogP contribution in [0.5, 0.6) is 5.75 Å². The van der Waals surface area contributed by atoms with Crippen LogP contribution in [-0.4, -0.2) is 58.5 Å². The summed E-state index contributed by atoms with van der Waals surface area (Å²) in [7, 11) is -0.737. The van der Waals surface area contributed by atoms with E-state index in [4.69, 9.17) is 32.8 Å². The van der Waals surface area contributed by atoms with Gasteiger partial charge in [0, 0.05) is 23.3 Å². The lowest BCUT2D eigenvalue weighted by Crippen LogP contribution is -2.58. The number of benzene rings is 3. The SMILES string of the molecule is CC[C@@H](OCOCc1ccccc1)[C@H](C)[C@@H]1O[C@H](c2c(C)cc(C)cc2C)O[C@@H]([C@H](C)C[C@@](C)(O[Si](C)(C)C(C)(C)C)[C@H](OCc2ccc(OC)cc2)[C@@H](C)C=O)[C@@H]1C. The summed E-state index contributed by atoms with van der Waals surface area (Å²) in [5.41, 5.74) is 5.87. The van der Waals surface area contributed by atoms with E-state index in [2.05, 4.69) is 114 Å². The lowest BCUT2D eigenvalue weighted by molar-refractivity contribution is -0.300. The smallest absolute Gasteiger partial charge is 0.192 e. The molecule has 0 spiro atoms. The molecule has 10 atom stereocenters. The molecular formula is C50H76O8Si. The number of methoxy groups -OCH3 is 1. The zero-order chi connectivity index (χ0) is 43.7. The number of rotatable bonds is 21. The zero-order valence-corrected chi connectivity index (χ0v) is 39.9. The summed E-state index contributed by atoms with van der Waals surface area (Å²) in [6.45, 7) is 31.8. The van der Waals surface area contributed by atoms with E-state index in [1.807, 2.05) is 49.4 Å². The van der Waals surface area contributed by atoms with Crippen molar-refractivity contribution in [3.8, 4) is 5.75 Å². The molecule has 1 heterocycles. The normalized spacial score (nSPS) is 22.5. The second kappa shape index (κ2) is 21.3. The predicted molar refractivity (Wildman–Crippen MR) is 240 cm³/mol. The highest BCUT2D eigenvalue weighted by atomic mass is 28.4. The Hall–Kier alpha value is -2.89. The van der Waals surface area contributed by atoms with Crippen molar-refractivity contribution in [1.29, 1.82) is 0 Å². The Morgan fingerprint density at radius 3 is 1.98 bits per heavy atom. The van der Waals surface area contributed by atoms with Gasteiger partial charge in [-0.2, -0.15) is 0 Å². The van der Waals surface area contributed by atoms with E-state index in [1.54, 1.807) is 7.11 Å². The van der Waals surface area contributed by atoms with Crippen molar-refractivity contribution in [2.75, 3.05) is 13.9 Å².